The number of hydrogen-bond donors (Lipinski definition) is 1. The molecule has 7 aliphatic rings. The molecule has 0 aromatic rings. The van der Waals surface area contributed by atoms with Crippen LogP contribution >= 0.6 is 12.0 Å². The van der Waals surface area contributed by atoms with Crippen molar-refractivity contribution in [1.29, 1.82) is 0 Å². The lowest BCUT2D eigenvalue weighted by Crippen LogP contribution is -2.66. The third-order valence-electron chi connectivity index (χ3n) is 8.34. The minimum absolute atomic E-state index is 0.151. The Bertz CT molecular complexity index is 921. The molecular weight excluding hydrogens is 526 g/mol. The van der Waals surface area contributed by atoms with E-state index in [9.17, 15) is 18.4 Å². The van der Waals surface area contributed by atoms with E-state index in [2.05, 4.69) is 9.37 Å². The normalized spacial score (nSPS) is 46.2. The van der Waals surface area contributed by atoms with E-state index >= 15 is 0 Å². The topological polar surface area (TPSA) is 137 Å². The molecule has 1 N–H and O–H groups in total. The summed E-state index contributed by atoms with van der Waals surface area (Å²) < 4.78 is 73.0. The zero-order chi connectivity index (χ0) is 26.2. The van der Waals surface area contributed by atoms with Crippen LogP contribution in [0.1, 0.15) is 46.0 Å². The van der Waals surface area contributed by atoms with E-state index in [4.69, 9.17) is 38.4 Å². The lowest BCUT2D eigenvalue weighted by molar-refractivity contribution is -0.433. The van der Waals surface area contributed by atoms with Crippen LogP contribution in [0.4, 0.5) is 8.78 Å². The van der Waals surface area contributed by atoms with Gasteiger partial charge in [-0.05, 0) is 51.9 Å². The summed E-state index contributed by atoms with van der Waals surface area (Å²) in [5.74, 6) is -3.71. The van der Waals surface area contributed by atoms with Gasteiger partial charge in [-0.15, -0.1) is 4.33 Å². The number of carbonyl (C=O) groups is 2. The molecule has 4 aliphatic carbocycles. The van der Waals surface area contributed by atoms with E-state index in [1.807, 2.05) is 6.92 Å². The Morgan fingerprint density at radius 1 is 1.19 bits per heavy atom. The molecule has 0 aromatic carbocycles. The summed E-state index contributed by atoms with van der Waals surface area (Å²) in [6.07, 6.45) is -2.05. The van der Waals surface area contributed by atoms with Crippen molar-refractivity contribution < 1.29 is 66.2 Å². The molecule has 0 aromatic heterocycles. The predicted molar refractivity (Wildman–Crippen MR) is 113 cm³/mol. The van der Waals surface area contributed by atoms with Crippen molar-refractivity contribution in [3.05, 3.63) is 0 Å². The van der Waals surface area contributed by atoms with Gasteiger partial charge in [0, 0.05) is 18.4 Å². The van der Waals surface area contributed by atoms with Crippen LogP contribution in [0.5, 0.6) is 0 Å². The van der Waals surface area contributed by atoms with Crippen LogP contribution in [-0.2, 0) is 52.1 Å². The van der Waals surface area contributed by atoms with E-state index in [-0.39, 0.29) is 30.6 Å². The first-order valence-corrected chi connectivity index (χ1v) is 13.1. The molecule has 12 nitrogen and oxygen atoms in total. The smallest absolute Gasteiger partial charge is 0.415 e. The summed E-state index contributed by atoms with van der Waals surface area (Å²) in [6, 6.07) is 0. The summed E-state index contributed by atoms with van der Waals surface area (Å²) in [5, 5.41) is 7.24. The van der Waals surface area contributed by atoms with Crippen molar-refractivity contribution in [2.24, 2.45) is 17.8 Å². The van der Waals surface area contributed by atoms with Crippen molar-refractivity contribution in [3.8, 4) is 0 Å². The zero-order valence-electron chi connectivity index (χ0n) is 20.0. The maximum Gasteiger partial charge on any atom is 0.415 e. The maximum absolute atomic E-state index is 14.1. The summed E-state index contributed by atoms with van der Waals surface area (Å²) >= 11 is -0.645. The Balaban J connectivity index is 1.15. The Morgan fingerprint density at radius 2 is 1.92 bits per heavy atom. The number of esters is 2. The highest BCUT2D eigenvalue weighted by Crippen LogP contribution is 2.65. The van der Waals surface area contributed by atoms with Gasteiger partial charge in [0.1, 0.15) is 23.7 Å². The molecule has 4 bridgehead atoms. The largest absolute Gasteiger partial charge is 0.454 e. The van der Waals surface area contributed by atoms with E-state index in [0.717, 1.165) is 0 Å². The van der Waals surface area contributed by atoms with Crippen molar-refractivity contribution in [1.82, 2.24) is 0 Å². The highest BCUT2D eigenvalue weighted by molar-refractivity contribution is 7.96. The number of carbonyl (C=O) groups excluding carboxylic acids is 2. The fourth-order valence-corrected chi connectivity index (χ4v) is 7.56. The number of alkyl halides is 2. The summed E-state index contributed by atoms with van der Waals surface area (Å²) in [7, 11) is 0. The first kappa shape index (κ1) is 26.1. The van der Waals surface area contributed by atoms with E-state index < -0.39 is 77.6 Å². The fraction of sp³-hybridized carbons (Fsp3) is 0.909. The van der Waals surface area contributed by atoms with Crippen molar-refractivity contribution in [3.63, 3.8) is 0 Å². The van der Waals surface area contributed by atoms with E-state index in [1.54, 1.807) is 6.92 Å². The summed E-state index contributed by atoms with van der Waals surface area (Å²) in [5.41, 5.74) is -1.09. The van der Waals surface area contributed by atoms with Crippen LogP contribution in [0.2, 0.25) is 0 Å². The summed E-state index contributed by atoms with van der Waals surface area (Å²) in [4.78, 5) is 24.8. The Morgan fingerprint density at radius 3 is 2.59 bits per heavy atom. The average Bonchev–Trinajstić information content (AvgIpc) is 3.45. The number of fused-ring (bicyclic) bond motifs is 3. The highest BCUT2D eigenvalue weighted by atomic mass is 32.2. The molecule has 3 heterocycles. The molecule has 15 heteroatoms. The number of hydrogen-bond acceptors (Lipinski definition) is 13. The number of halogens is 2. The number of ether oxygens (including phenoxy) is 7. The first-order chi connectivity index (χ1) is 17.6. The lowest BCUT2D eigenvalue weighted by atomic mass is 9.51. The minimum Gasteiger partial charge on any atom is -0.454 e. The first-order valence-electron chi connectivity index (χ1n) is 12.4. The zero-order valence-corrected chi connectivity index (χ0v) is 20.9. The average molecular weight is 555 g/mol. The SMILES string of the molecule is CCOC(C)OC1C(=O)OC2C3OC4(OC3OC12)C1CC2CC4CC(OC(=O)C(F)(F)SOOO)(C2)C1. The van der Waals surface area contributed by atoms with E-state index in [0.29, 0.717) is 25.9 Å². The molecule has 8 atom stereocenters. The highest BCUT2D eigenvalue weighted by Gasteiger charge is 2.73. The van der Waals surface area contributed by atoms with Gasteiger partial charge >= 0.3 is 17.2 Å². The Hall–Kier alpha value is -1.17. The lowest BCUT2D eigenvalue weighted by Gasteiger charge is -2.62. The third-order valence-corrected chi connectivity index (χ3v) is 8.84. The molecule has 0 radical (unpaired) electrons. The number of rotatable bonds is 9. The third kappa shape index (κ3) is 4.17. The second-order valence-corrected chi connectivity index (χ2v) is 11.3. The monoisotopic (exact) mass is 554 g/mol. The van der Waals surface area contributed by atoms with E-state index in [1.165, 1.54) is 0 Å². The minimum atomic E-state index is -4.07. The quantitative estimate of drug-likeness (QED) is 0.147. The van der Waals surface area contributed by atoms with Gasteiger partial charge in [0.15, 0.2) is 36.7 Å². The molecule has 208 valence electrons. The van der Waals surface area contributed by atoms with Gasteiger partial charge < -0.3 is 33.2 Å². The van der Waals surface area contributed by atoms with Crippen molar-refractivity contribution in [2.75, 3.05) is 6.61 Å². The van der Waals surface area contributed by atoms with Gasteiger partial charge in [0.25, 0.3) is 0 Å². The Kier molecular flexibility index (Phi) is 6.48. The second-order valence-electron chi connectivity index (χ2n) is 10.5. The van der Waals surface area contributed by atoms with Gasteiger partial charge in [-0.1, -0.05) is 5.04 Å². The van der Waals surface area contributed by atoms with Crippen LogP contribution < -0.4 is 0 Å². The molecule has 7 fully saturated rings. The van der Waals surface area contributed by atoms with Crippen LogP contribution in [0.15, 0.2) is 0 Å². The predicted octanol–water partition coefficient (Wildman–Crippen LogP) is 2.30. The molecular formula is C22H28F2O12S. The molecule has 4 saturated carbocycles. The summed E-state index contributed by atoms with van der Waals surface area (Å²) in [6.45, 7) is 3.91. The van der Waals surface area contributed by atoms with Crippen LogP contribution in [0, 0.1) is 17.8 Å². The molecule has 1 spiro atoms. The van der Waals surface area contributed by atoms with Gasteiger partial charge in [-0.25, -0.2) is 14.8 Å². The van der Waals surface area contributed by atoms with Gasteiger partial charge in [-0.3, -0.25) is 0 Å². The molecule has 37 heavy (non-hydrogen) atoms. The molecule has 0 amide bonds. The molecule has 3 aliphatic heterocycles. The van der Waals surface area contributed by atoms with Crippen LogP contribution in [0.25, 0.3) is 0 Å². The second kappa shape index (κ2) is 9.20. The van der Waals surface area contributed by atoms with Gasteiger partial charge in [0.2, 0.25) is 0 Å². The van der Waals surface area contributed by atoms with Gasteiger partial charge in [0.05, 0.1) is 0 Å². The van der Waals surface area contributed by atoms with Gasteiger partial charge in [-0.2, -0.15) is 8.78 Å². The molecule has 3 saturated heterocycles. The standard InChI is InChI=1S/C22H28F2O12S/c1-3-28-9(2)29-15-13-14(30-17(15)25)16-18(31-13)33-21(32-16)11-4-10-5-12(21)8-20(6-10,7-11)34-19(26)22(23,24)37-36-35-27/h9-16,18,27H,3-8H2,1-2H3. The van der Waals surface area contributed by atoms with Crippen molar-refractivity contribution >= 4 is 24.0 Å². The molecule has 7 rings (SSSR count). The molecule has 8 unspecified atom stereocenters. The Labute approximate surface area is 214 Å². The van der Waals surface area contributed by atoms with Crippen LogP contribution in [0.3, 0.4) is 0 Å². The fourth-order valence-electron chi connectivity index (χ4n) is 7.33. The van der Waals surface area contributed by atoms with Crippen molar-refractivity contribution in [2.45, 2.75) is 99.6 Å². The van der Waals surface area contributed by atoms with Crippen LogP contribution in [-0.4, -0.2) is 77.4 Å². The maximum atomic E-state index is 14.1.